The molecule has 1 aliphatic heterocycles. The summed E-state index contributed by atoms with van der Waals surface area (Å²) in [6, 6.07) is 8.77. The van der Waals surface area contributed by atoms with E-state index in [9.17, 15) is 31.6 Å². The second-order valence-corrected chi connectivity index (χ2v) is 10.5. The monoisotopic (exact) mass is 547 g/mol. The van der Waals surface area contributed by atoms with Crippen LogP contribution >= 0.6 is 0 Å². The molecule has 3 atom stereocenters. The largest absolute Gasteiger partial charge is 0.573 e. The number of hydroxylamine groups is 2. The van der Waals surface area contributed by atoms with Crippen molar-refractivity contribution in [2.75, 3.05) is 5.75 Å². The molecule has 3 rings (SSSR count). The van der Waals surface area contributed by atoms with Gasteiger partial charge in [0.25, 0.3) is 0 Å². The smallest absolute Gasteiger partial charge is 0.457 e. The standard InChI is InChI=1S/C24H28F3NO8S/c1-4-23(5-2)34-16(3)22(36-23)21(28(30)15-29)14-37(31,32)20-12-10-18(11-13-20)33-17-6-8-19(9-7-17)35-24(25,26)27/h6-13,15-16,21-22,30H,4-5,14H2,1-3H3/t16-,21+,22+/m0/s1. The number of carbonyl (C=O) groups is 1. The number of alkyl halides is 3. The predicted octanol–water partition coefficient (Wildman–Crippen LogP) is 4.69. The van der Waals surface area contributed by atoms with Crippen molar-refractivity contribution in [3.63, 3.8) is 0 Å². The van der Waals surface area contributed by atoms with Crippen molar-refractivity contribution in [2.24, 2.45) is 0 Å². The molecule has 0 aromatic heterocycles. The van der Waals surface area contributed by atoms with Crippen molar-refractivity contribution in [3.8, 4) is 17.2 Å². The fourth-order valence-corrected chi connectivity index (χ4v) is 5.57. The molecule has 0 radical (unpaired) electrons. The molecule has 0 saturated carbocycles. The first kappa shape index (κ1) is 28.7. The van der Waals surface area contributed by atoms with Crippen LogP contribution in [0.3, 0.4) is 0 Å². The van der Waals surface area contributed by atoms with Crippen molar-refractivity contribution >= 4 is 16.2 Å². The molecule has 37 heavy (non-hydrogen) atoms. The zero-order chi connectivity index (χ0) is 27.4. The second-order valence-electron chi connectivity index (χ2n) is 8.45. The Bertz CT molecular complexity index is 1150. The maximum absolute atomic E-state index is 13.2. The normalized spacial score (nSPS) is 20.3. The zero-order valence-electron chi connectivity index (χ0n) is 20.3. The quantitative estimate of drug-likeness (QED) is 0.245. The summed E-state index contributed by atoms with van der Waals surface area (Å²) in [6.45, 7) is 5.40. The molecule has 0 spiro atoms. The third kappa shape index (κ3) is 7.12. The van der Waals surface area contributed by atoms with E-state index in [0.717, 1.165) is 12.1 Å². The number of benzene rings is 2. The summed E-state index contributed by atoms with van der Waals surface area (Å²) >= 11 is 0. The van der Waals surface area contributed by atoms with Crippen LogP contribution < -0.4 is 9.47 Å². The SMILES string of the molecule is CCC1(CC)O[C@@H]([C@@H](CS(=O)(=O)c2ccc(Oc3ccc(OC(F)(F)F)cc3)cc2)N(O)C=O)[C@H](C)O1. The number of rotatable bonds is 11. The van der Waals surface area contributed by atoms with Crippen LogP contribution in [-0.2, 0) is 24.1 Å². The minimum absolute atomic E-state index is 0.0955. The van der Waals surface area contributed by atoms with E-state index >= 15 is 0 Å². The van der Waals surface area contributed by atoms with E-state index in [1.807, 2.05) is 13.8 Å². The van der Waals surface area contributed by atoms with Crippen molar-refractivity contribution < 1.29 is 50.5 Å². The van der Waals surface area contributed by atoms with Gasteiger partial charge in [-0.05, 0) is 68.3 Å². The molecule has 0 bridgehead atoms. The molecule has 0 unspecified atom stereocenters. The van der Waals surface area contributed by atoms with Crippen LogP contribution in [0.25, 0.3) is 0 Å². The fraction of sp³-hybridized carbons (Fsp3) is 0.458. The summed E-state index contributed by atoms with van der Waals surface area (Å²) in [5.74, 6) is -1.55. The average Bonchev–Trinajstić information content (AvgIpc) is 3.19. The molecule has 1 saturated heterocycles. The lowest BCUT2D eigenvalue weighted by atomic mass is 10.1. The highest BCUT2D eigenvalue weighted by atomic mass is 32.2. The molecular formula is C24H28F3NO8S. The third-order valence-electron chi connectivity index (χ3n) is 5.98. The van der Waals surface area contributed by atoms with Crippen LogP contribution in [0.4, 0.5) is 13.2 Å². The Morgan fingerprint density at radius 2 is 1.54 bits per heavy atom. The van der Waals surface area contributed by atoms with Crippen LogP contribution in [0.15, 0.2) is 53.4 Å². The van der Waals surface area contributed by atoms with E-state index < -0.39 is 51.7 Å². The zero-order valence-corrected chi connectivity index (χ0v) is 21.2. The Kier molecular flexibility index (Phi) is 8.73. The van der Waals surface area contributed by atoms with E-state index in [2.05, 4.69) is 4.74 Å². The fourth-order valence-electron chi connectivity index (χ4n) is 4.03. The summed E-state index contributed by atoms with van der Waals surface area (Å²) in [5, 5.41) is 10.5. The number of ether oxygens (including phenoxy) is 4. The molecule has 2 aromatic carbocycles. The molecule has 204 valence electrons. The van der Waals surface area contributed by atoms with Gasteiger partial charge in [0.15, 0.2) is 15.6 Å². The third-order valence-corrected chi connectivity index (χ3v) is 7.76. The molecule has 1 heterocycles. The van der Waals surface area contributed by atoms with Crippen molar-refractivity contribution in [3.05, 3.63) is 48.5 Å². The highest BCUT2D eigenvalue weighted by Crippen LogP contribution is 2.37. The van der Waals surface area contributed by atoms with E-state index in [-0.39, 0.29) is 27.9 Å². The van der Waals surface area contributed by atoms with Gasteiger partial charge in [0.2, 0.25) is 6.41 Å². The van der Waals surface area contributed by atoms with Gasteiger partial charge in [-0.3, -0.25) is 10.0 Å². The van der Waals surface area contributed by atoms with Gasteiger partial charge >= 0.3 is 6.36 Å². The lowest BCUT2D eigenvalue weighted by Crippen LogP contribution is -2.49. The Hall–Kier alpha value is -2.87. The molecule has 9 nitrogen and oxygen atoms in total. The average molecular weight is 548 g/mol. The van der Waals surface area contributed by atoms with Gasteiger partial charge in [-0.15, -0.1) is 13.2 Å². The molecular weight excluding hydrogens is 519 g/mol. The molecule has 1 N–H and O–H groups in total. The molecule has 13 heteroatoms. The number of amides is 1. The maximum Gasteiger partial charge on any atom is 0.573 e. The summed E-state index contributed by atoms with van der Waals surface area (Å²) in [7, 11) is -4.01. The van der Waals surface area contributed by atoms with E-state index in [1.54, 1.807) is 6.92 Å². The van der Waals surface area contributed by atoms with Crippen molar-refractivity contribution in [1.29, 1.82) is 0 Å². The van der Waals surface area contributed by atoms with Crippen molar-refractivity contribution in [1.82, 2.24) is 5.06 Å². The Labute approximate surface area is 212 Å². The first-order valence-electron chi connectivity index (χ1n) is 11.5. The molecule has 1 fully saturated rings. The van der Waals surface area contributed by atoms with Gasteiger partial charge in [0.1, 0.15) is 29.4 Å². The number of hydrogen-bond acceptors (Lipinski definition) is 8. The Morgan fingerprint density at radius 1 is 1.03 bits per heavy atom. The molecule has 1 amide bonds. The van der Waals surface area contributed by atoms with Gasteiger partial charge in [0, 0.05) is 0 Å². The molecule has 1 aliphatic rings. The first-order chi connectivity index (χ1) is 17.3. The van der Waals surface area contributed by atoms with Crippen LogP contribution in [0.1, 0.15) is 33.6 Å². The lowest BCUT2D eigenvalue weighted by molar-refractivity contribution is -0.274. The van der Waals surface area contributed by atoms with Crippen molar-refractivity contribution in [2.45, 2.75) is 68.9 Å². The minimum Gasteiger partial charge on any atom is -0.457 e. The van der Waals surface area contributed by atoms with Crippen LogP contribution in [0, 0.1) is 0 Å². The van der Waals surface area contributed by atoms with Crippen LogP contribution in [0.5, 0.6) is 17.2 Å². The summed E-state index contributed by atoms with van der Waals surface area (Å²) in [6.07, 6.45) is -5.18. The van der Waals surface area contributed by atoms with Gasteiger partial charge < -0.3 is 18.9 Å². The number of nitrogens with zero attached hydrogens (tertiary/aromatic N) is 1. The maximum atomic E-state index is 13.2. The first-order valence-corrected chi connectivity index (χ1v) is 13.1. The Balaban J connectivity index is 1.73. The number of carbonyl (C=O) groups excluding carboxylic acids is 1. The molecule has 2 aromatic rings. The van der Waals surface area contributed by atoms with Crippen LogP contribution in [-0.4, -0.2) is 61.3 Å². The number of halogens is 3. The highest BCUT2D eigenvalue weighted by Gasteiger charge is 2.49. The number of hydrogen-bond donors (Lipinski definition) is 1. The summed E-state index contributed by atoms with van der Waals surface area (Å²) < 4.78 is 84.4. The van der Waals surface area contributed by atoms with E-state index in [0.29, 0.717) is 12.8 Å². The predicted molar refractivity (Wildman–Crippen MR) is 124 cm³/mol. The minimum atomic E-state index is -4.81. The van der Waals surface area contributed by atoms with E-state index in [1.165, 1.54) is 36.4 Å². The van der Waals surface area contributed by atoms with Gasteiger partial charge in [-0.2, -0.15) is 0 Å². The molecule has 0 aliphatic carbocycles. The summed E-state index contributed by atoms with van der Waals surface area (Å²) in [4.78, 5) is 11.2. The summed E-state index contributed by atoms with van der Waals surface area (Å²) in [5.41, 5.74) is 0. The second kappa shape index (κ2) is 11.3. The van der Waals surface area contributed by atoms with Crippen LogP contribution in [0.2, 0.25) is 0 Å². The Morgan fingerprint density at radius 3 is 2.00 bits per heavy atom. The van der Waals surface area contributed by atoms with Gasteiger partial charge in [-0.1, -0.05) is 13.8 Å². The van der Waals surface area contributed by atoms with E-state index in [4.69, 9.17) is 14.2 Å². The van der Waals surface area contributed by atoms with Gasteiger partial charge in [0.05, 0.1) is 16.8 Å². The number of sulfone groups is 1. The topological polar surface area (TPSA) is 112 Å². The highest BCUT2D eigenvalue weighted by molar-refractivity contribution is 7.91. The van der Waals surface area contributed by atoms with Gasteiger partial charge in [-0.25, -0.2) is 13.5 Å². The lowest BCUT2D eigenvalue weighted by Gasteiger charge is -2.30.